The molecule has 1 atom stereocenters. The van der Waals surface area contributed by atoms with Crippen LogP contribution in [-0.2, 0) is 4.79 Å². The van der Waals surface area contributed by atoms with Gasteiger partial charge in [0.2, 0.25) is 0 Å². The SMILES string of the molecule is Cc1ccccc1N(CCC(=O)O)C1CCCN(C)CC1. The van der Waals surface area contributed by atoms with Gasteiger partial charge in [-0.25, -0.2) is 0 Å². The highest BCUT2D eigenvalue weighted by molar-refractivity contribution is 5.68. The van der Waals surface area contributed by atoms with Crippen molar-refractivity contribution in [3.63, 3.8) is 0 Å². The number of benzene rings is 1. The zero-order valence-electron chi connectivity index (χ0n) is 13.1. The number of carboxylic acids is 1. The Balaban J connectivity index is 2.18. The summed E-state index contributed by atoms with van der Waals surface area (Å²) in [4.78, 5) is 15.7. The van der Waals surface area contributed by atoms with Crippen LogP contribution in [0, 0.1) is 6.92 Å². The van der Waals surface area contributed by atoms with Gasteiger partial charge in [0.15, 0.2) is 0 Å². The van der Waals surface area contributed by atoms with Gasteiger partial charge in [0.1, 0.15) is 0 Å². The molecule has 1 unspecified atom stereocenters. The van der Waals surface area contributed by atoms with E-state index in [4.69, 9.17) is 5.11 Å². The van der Waals surface area contributed by atoms with E-state index in [1.54, 1.807) is 0 Å². The Kier molecular flexibility index (Phi) is 5.62. The van der Waals surface area contributed by atoms with Crippen molar-refractivity contribution in [3.05, 3.63) is 29.8 Å². The molecule has 1 N–H and O–H groups in total. The fraction of sp³-hybridized carbons (Fsp3) is 0.588. The van der Waals surface area contributed by atoms with Gasteiger partial charge in [0, 0.05) is 18.3 Å². The van der Waals surface area contributed by atoms with E-state index in [1.165, 1.54) is 17.7 Å². The molecule has 1 saturated heterocycles. The second-order valence-corrected chi connectivity index (χ2v) is 6.01. The van der Waals surface area contributed by atoms with Crippen molar-refractivity contribution in [3.8, 4) is 0 Å². The first kappa shape index (κ1) is 15.8. The molecule has 2 rings (SSSR count). The molecule has 4 heteroatoms. The van der Waals surface area contributed by atoms with E-state index in [0.717, 1.165) is 25.9 Å². The minimum atomic E-state index is -0.723. The zero-order chi connectivity index (χ0) is 15.2. The molecule has 0 aromatic heterocycles. The number of anilines is 1. The molecule has 1 heterocycles. The summed E-state index contributed by atoms with van der Waals surface area (Å²) in [5.74, 6) is -0.723. The maximum Gasteiger partial charge on any atom is 0.305 e. The largest absolute Gasteiger partial charge is 0.481 e. The van der Waals surface area contributed by atoms with Crippen molar-refractivity contribution in [2.45, 2.75) is 38.6 Å². The number of nitrogens with zero attached hydrogens (tertiary/aromatic N) is 2. The molecule has 0 amide bonds. The number of aliphatic carboxylic acids is 1. The lowest BCUT2D eigenvalue weighted by molar-refractivity contribution is -0.136. The number of carboxylic acid groups (broad SMARTS) is 1. The summed E-state index contributed by atoms with van der Waals surface area (Å²) < 4.78 is 0. The van der Waals surface area contributed by atoms with Crippen LogP contribution in [-0.4, -0.2) is 48.7 Å². The molecule has 1 aliphatic rings. The highest BCUT2D eigenvalue weighted by Gasteiger charge is 2.23. The van der Waals surface area contributed by atoms with E-state index in [9.17, 15) is 4.79 Å². The quantitative estimate of drug-likeness (QED) is 0.905. The molecular formula is C17H26N2O2. The van der Waals surface area contributed by atoms with Crippen molar-refractivity contribution in [2.24, 2.45) is 0 Å². The monoisotopic (exact) mass is 290 g/mol. The minimum absolute atomic E-state index is 0.195. The summed E-state index contributed by atoms with van der Waals surface area (Å²) in [7, 11) is 2.16. The van der Waals surface area contributed by atoms with E-state index in [2.05, 4.69) is 35.9 Å². The Morgan fingerprint density at radius 2 is 2.10 bits per heavy atom. The number of para-hydroxylation sites is 1. The van der Waals surface area contributed by atoms with Gasteiger partial charge in [0.05, 0.1) is 6.42 Å². The van der Waals surface area contributed by atoms with Crippen molar-refractivity contribution < 1.29 is 9.90 Å². The number of likely N-dealkylation sites (tertiary alicyclic amines) is 1. The van der Waals surface area contributed by atoms with Crippen LogP contribution in [0.4, 0.5) is 5.69 Å². The first-order chi connectivity index (χ1) is 10.1. The molecule has 116 valence electrons. The maximum atomic E-state index is 11.0. The van der Waals surface area contributed by atoms with Crippen LogP contribution in [0.3, 0.4) is 0 Å². The number of carbonyl (C=O) groups is 1. The fourth-order valence-electron chi connectivity index (χ4n) is 3.14. The predicted molar refractivity (Wildman–Crippen MR) is 85.9 cm³/mol. The predicted octanol–water partition coefficient (Wildman–Crippen LogP) is 2.76. The topological polar surface area (TPSA) is 43.8 Å². The molecule has 0 bridgehead atoms. The smallest absolute Gasteiger partial charge is 0.305 e. The molecule has 0 aliphatic carbocycles. The molecule has 1 aromatic carbocycles. The molecule has 1 aliphatic heterocycles. The molecule has 1 fully saturated rings. The molecule has 4 nitrogen and oxygen atoms in total. The molecule has 1 aromatic rings. The number of hydrogen-bond donors (Lipinski definition) is 1. The van der Waals surface area contributed by atoms with Gasteiger partial charge >= 0.3 is 5.97 Å². The molecule has 0 saturated carbocycles. The lowest BCUT2D eigenvalue weighted by Crippen LogP contribution is -2.38. The van der Waals surface area contributed by atoms with Gasteiger partial charge in [-0.1, -0.05) is 18.2 Å². The summed E-state index contributed by atoms with van der Waals surface area (Å²) in [6, 6.07) is 8.74. The average Bonchev–Trinajstić information content (AvgIpc) is 2.66. The summed E-state index contributed by atoms with van der Waals surface area (Å²) in [6.07, 6.45) is 3.61. The van der Waals surface area contributed by atoms with Crippen LogP contribution in [0.25, 0.3) is 0 Å². The van der Waals surface area contributed by atoms with E-state index in [0.29, 0.717) is 12.6 Å². The Morgan fingerprint density at radius 3 is 2.81 bits per heavy atom. The lowest BCUT2D eigenvalue weighted by atomic mass is 10.0. The average molecular weight is 290 g/mol. The third-order valence-electron chi connectivity index (χ3n) is 4.35. The Bertz CT molecular complexity index is 476. The lowest BCUT2D eigenvalue weighted by Gasteiger charge is -2.34. The van der Waals surface area contributed by atoms with E-state index in [1.807, 2.05) is 12.1 Å². The van der Waals surface area contributed by atoms with Gasteiger partial charge in [-0.15, -0.1) is 0 Å². The fourth-order valence-corrected chi connectivity index (χ4v) is 3.14. The van der Waals surface area contributed by atoms with Gasteiger partial charge in [0.25, 0.3) is 0 Å². The van der Waals surface area contributed by atoms with Crippen molar-refractivity contribution >= 4 is 11.7 Å². The summed E-state index contributed by atoms with van der Waals surface area (Å²) >= 11 is 0. The molecule has 21 heavy (non-hydrogen) atoms. The Morgan fingerprint density at radius 1 is 1.33 bits per heavy atom. The third-order valence-corrected chi connectivity index (χ3v) is 4.35. The Hall–Kier alpha value is -1.55. The second-order valence-electron chi connectivity index (χ2n) is 6.01. The van der Waals surface area contributed by atoms with Crippen molar-refractivity contribution in [2.75, 3.05) is 31.6 Å². The van der Waals surface area contributed by atoms with Gasteiger partial charge in [-0.3, -0.25) is 4.79 Å². The first-order valence-corrected chi connectivity index (χ1v) is 7.80. The minimum Gasteiger partial charge on any atom is -0.481 e. The molecule has 0 radical (unpaired) electrons. The highest BCUT2D eigenvalue weighted by Crippen LogP contribution is 2.26. The normalized spacial score (nSPS) is 20.0. The van der Waals surface area contributed by atoms with Crippen molar-refractivity contribution in [1.29, 1.82) is 0 Å². The molecular weight excluding hydrogens is 264 g/mol. The number of hydrogen-bond acceptors (Lipinski definition) is 3. The Labute approximate surface area is 127 Å². The zero-order valence-corrected chi connectivity index (χ0v) is 13.1. The first-order valence-electron chi connectivity index (χ1n) is 7.80. The summed E-state index contributed by atoms with van der Waals surface area (Å²) in [5, 5.41) is 9.04. The van der Waals surface area contributed by atoms with E-state index >= 15 is 0 Å². The third kappa shape index (κ3) is 4.46. The van der Waals surface area contributed by atoms with E-state index < -0.39 is 5.97 Å². The van der Waals surface area contributed by atoms with Gasteiger partial charge in [-0.05, 0) is 58.0 Å². The standard InChI is InChI=1S/C17H26N2O2/c1-14-6-3-4-8-16(14)19(13-10-17(20)21)15-7-5-11-18(2)12-9-15/h3-4,6,8,15H,5,7,9-13H2,1-2H3,(H,20,21). The highest BCUT2D eigenvalue weighted by atomic mass is 16.4. The van der Waals surface area contributed by atoms with Crippen LogP contribution in [0.1, 0.15) is 31.2 Å². The van der Waals surface area contributed by atoms with Crippen LogP contribution >= 0.6 is 0 Å². The summed E-state index contributed by atoms with van der Waals surface area (Å²) in [5.41, 5.74) is 2.41. The van der Waals surface area contributed by atoms with Crippen LogP contribution in [0.5, 0.6) is 0 Å². The van der Waals surface area contributed by atoms with Crippen LogP contribution in [0.15, 0.2) is 24.3 Å². The van der Waals surface area contributed by atoms with Crippen LogP contribution < -0.4 is 4.90 Å². The maximum absolute atomic E-state index is 11.0. The van der Waals surface area contributed by atoms with Crippen molar-refractivity contribution in [1.82, 2.24) is 4.90 Å². The summed E-state index contributed by atoms with van der Waals surface area (Å²) in [6.45, 7) is 4.91. The number of aryl methyl sites for hydroxylation is 1. The number of rotatable bonds is 5. The van der Waals surface area contributed by atoms with E-state index in [-0.39, 0.29) is 6.42 Å². The van der Waals surface area contributed by atoms with Gasteiger partial charge in [-0.2, -0.15) is 0 Å². The second kappa shape index (κ2) is 7.46. The van der Waals surface area contributed by atoms with Crippen LogP contribution in [0.2, 0.25) is 0 Å². The van der Waals surface area contributed by atoms with Gasteiger partial charge < -0.3 is 14.9 Å². The molecule has 0 spiro atoms.